The van der Waals surface area contributed by atoms with Crippen molar-refractivity contribution < 1.29 is 0 Å². The Kier molecular flexibility index (Phi) is 3.32. The summed E-state index contributed by atoms with van der Waals surface area (Å²) in [4.78, 5) is 9.41. The number of rotatable bonds is 4. The number of nitrogens with zero attached hydrogens (tertiary/aromatic N) is 2. The summed E-state index contributed by atoms with van der Waals surface area (Å²) in [7, 11) is 4.07. The van der Waals surface area contributed by atoms with Gasteiger partial charge in [0.25, 0.3) is 0 Å². The number of nitrogens with one attached hydrogen (secondary N) is 2. The molecule has 2 rings (SSSR count). The number of aromatic nitrogens is 2. The fourth-order valence-electron chi connectivity index (χ4n) is 1.63. The van der Waals surface area contributed by atoms with Crippen LogP contribution in [-0.4, -0.2) is 24.1 Å². The number of aryl methyl sites for hydroxylation is 1. The molecular weight excluding hydrogens is 212 g/mol. The molecule has 1 aromatic heterocycles. The molecule has 1 aromatic carbocycles. The van der Waals surface area contributed by atoms with Crippen molar-refractivity contribution in [2.75, 3.05) is 24.3 Å². The number of H-pyrrole nitrogens is 1. The van der Waals surface area contributed by atoms with Crippen LogP contribution in [-0.2, 0) is 6.54 Å². The van der Waals surface area contributed by atoms with E-state index in [4.69, 9.17) is 0 Å². The lowest BCUT2D eigenvalue weighted by Crippen LogP contribution is -2.08. The first-order valence-electron chi connectivity index (χ1n) is 5.67. The van der Waals surface area contributed by atoms with Crippen molar-refractivity contribution in [3.05, 3.63) is 42.0 Å². The monoisotopic (exact) mass is 230 g/mol. The number of anilines is 2. The third-order valence-electron chi connectivity index (χ3n) is 2.78. The lowest BCUT2D eigenvalue weighted by Gasteiger charge is -2.13. The molecule has 0 atom stereocenters. The van der Waals surface area contributed by atoms with Crippen molar-refractivity contribution in [2.45, 2.75) is 13.5 Å². The Hall–Kier alpha value is -1.97. The van der Waals surface area contributed by atoms with E-state index in [1.54, 1.807) is 6.33 Å². The average molecular weight is 230 g/mol. The molecule has 0 bridgehead atoms. The summed E-state index contributed by atoms with van der Waals surface area (Å²) < 4.78 is 0. The fourth-order valence-corrected chi connectivity index (χ4v) is 1.63. The van der Waals surface area contributed by atoms with Crippen molar-refractivity contribution in [3.63, 3.8) is 0 Å². The highest BCUT2D eigenvalue weighted by molar-refractivity contribution is 5.54. The molecule has 0 amide bonds. The summed E-state index contributed by atoms with van der Waals surface area (Å²) in [6.07, 6.45) is 1.72. The quantitative estimate of drug-likeness (QED) is 0.847. The van der Waals surface area contributed by atoms with E-state index in [0.29, 0.717) is 0 Å². The minimum absolute atomic E-state index is 0.747. The van der Waals surface area contributed by atoms with Crippen LogP contribution in [0.1, 0.15) is 11.4 Å². The Bertz CT molecular complexity index is 470. The van der Waals surface area contributed by atoms with Crippen LogP contribution in [0.5, 0.6) is 0 Å². The van der Waals surface area contributed by atoms with E-state index in [1.807, 2.05) is 21.0 Å². The predicted octanol–water partition coefficient (Wildman–Crippen LogP) is 2.40. The number of aromatic amines is 1. The zero-order chi connectivity index (χ0) is 12.3. The molecule has 4 nitrogen and oxygen atoms in total. The second kappa shape index (κ2) is 4.91. The van der Waals surface area contributed by atoms with Crippen LogP contribution >= 0.6 is 0 Å². The largest absolute Gasteiger partial charge is 0.379 e. The van der Waals surface area contributed by atoms with Crippen LogP contribution in [0.3, 0.4) is 0 Å². The third-order valence-corrected chi connectivity index (χ3v) is 2.78. The molecule has 2 aromatic rings. The van der Waals surface area contributed by atoms with Crippen LogP contribution < -0.4 is 10.2 Å². The van der Waals surface area contributed by atoms with Crippen molar-refractivity contribution in [2.24, 2.45) is 0 Å². The van der Waals surface area contributed by atoms with Gasteiger partial charge in [0, 0.05) is 31.2 Å². The molecule has 0 fully saturated rings. The van der Waals surface area contributed by atoms with Gasteiger partial charge in [-0.15, -0.1) is 0 Å². The van der Waals surface area contributed by atoms with Gasteiger partial charge < -0.3 is 15.2 Å². The third kappa shape index (κ3) is 2.78. The second-order valence-electron chi connectivity index (χ2n) is 4.27. The van der Waals surface area contributed by atoms with E-state index in [1.165, 1.54) is 5.69 Å². The van der Waals surface area contributed by atoms with Crippen molar-refractivity contribution >= 4 is 11.4 Å². The summed E-state index contributed by atoms with van der Waals surface area (Å²) in [6.45, 7) is 2.77. The SMILES string of the molecule is Cc1[nH]cnc1CNc1ccc(N(C)C)cc1. The van der Waals surface area contributed by atoms with Crippen LogP contribution in [0, 0.1) is 6.92 Å². The molecule has 4 heteroatoms. The minimum Gasteiger partial charge on any atom is -0.379 e. The van der Waals surface area contributed by atoms with Crippen molar-refractivity contribution in [3.8, 4) is 0 Å². The molecule has 17 heavy (non-hydrogen) atoms. The van der Waals surface area contributed by atoms with Gasteiger partial charge in [0.05, 0.1) is 18.6 Å². The first-order chi connectivity index (χ1) is 8.16. The summed E-state index contributed by atoms with van der Waals surface area (Å²) in [5.41, 5.74) is 4.48. The van der Waals surface area contributed by atoms with E-state index in [0.717, 1.165) is 23.6 Å². The highest BCUT2D eigenvalue weighted by Crippen LogP contribution is 2.16. The van der Waals surface area contributed by atoms with Crippen LogP contribution in [0.4, 0.5) is 11.4 Å². The Morgan fingerprint density at radius 3 is 2.47 bits per heavy atom. The van der Waals surface area contributed by atoms with Gasteiger partial charge in [0.15, 0.2) is 0 Å². The van der Waals surface area contributed by atoms with Gasteiger partial charge in [-0.25, -0.2) is 4.98 Å². The number of imidazole rings is 1. The molecule has 0 spiro atoms. The lowest BCUT2D eigenvalue weighted by atomic mass is 10.2. The molecule has 90 valence electrons. The Morgan fingerprint density at radius 2 is 1.94 bits per heavy atom. The van der Waals surface area contributed by atoms with E-state index in [2.05, 4.69) is 44.5 Å². The maximum Gasteiger partial charge on any atom is 0.0925 e. The summed E-state index contributed by atoms with van der Waals surface area (Å²) in [5.74, 6) is 0. The van der Waals surface area contributed by atoms with Gasteiger partial charge in [0.2, 0.25) is 0 Å². The standard InChI is InChI=1S/C13H18N4/c1-10-13(16-9-15-10)8-14-11-4-6-12(7-5-11)17(2)3/h4-7,9,14H,8H2,1-3H3,(H,15,16). The maximum atomic E-state index is 4.25. The summed E-state index contributed by atoms with van der Waals surface area (Å²) in [6, 6.07) is 8.36. The molecule has 0 aliphatic carbocycles. The second-order valence-corrected chi connectivity index (χ2v) is 4.27. The van der Waals surface area contributed by atoms with Gasteiger partial charge in [-0.05, 0) is 31.2 Å². The molecule has 0 aliphatic heterocycles. The zero-order valence-corrected chi connectivity index (χ0v) is 10.5. The van der Waals surface area contributed by atoms with Crippen molar-refractivity contribution in [1.82, 2.24) is 9.97 Å². The minimum atomic E-state index is 0.747. The van der Waals surface area contributed by atoms with Gasteiger partial charge in [-0.3, -0.25) is 0 Å². The molecule has 0 unspecified atom stereocenters. The fraction of sp³-hybridized carbons (Fsp3) is 0.308. The maximum absolute atomic E-state index is 4.25. The van der Waals surface area contributed by atoms with Crippen molar-refractivity contribution in [1.29, 1.82) is 0 Å². The van der Waals surface area contributed by atoms with Gasteiger partial charge in [-0.1, -0.05) is 0 Å². The number of hydrogen-bond acceptors (Lipinski definition) is 3. The molecular formula is C13H18N4. The van der Waals surface area contributed by atoms with Crippen LogP contribution in [0.15, 0.2) is 30.6 Å². The van der Waals surface area contributed by atoms with Crippen LogP contribution in [0.25, 0.3) is 0 Å². The molecule has 0 saturated carbocycles. The van der Waals surface area contributed by atoms with Gasteiger partial charge in [-0.2, -0.15) is 0 Å². The smallest absolute Gasteiger partial charge is 0.0925 e. The predicted molar refractivity (Wildman–Crippen MR) is 71.4 cm³/mol. The van der Waals surface area contributed by atoms with Gasteiger partial charge >= 0.3 is 0 Å². The first kappa shape index (κ1) is 11.5. The highest BCUT2D eigenvalue weighted by atomic mass is 15.1. The Labute approximate surface area is 102 Å². The Morgan fingerprint density at radius 1 is 1.24 bits per heavy atom. The van der Waals surface area contributed by atoms with Gasteiger partial charge in [0.1, 0.15) is 0 Å². The molecule has 0 radical (unpaired) electrons. The van der Waals surface area contributed by atoms with Crippen LogP contribution in [0.2, 0.25) is 0 Å². The zero-order valence-electron chi connectivity index (χ0n) is 10.5. The normalized spacial score (nSPS) is 10.3. The van der Waals surface area contributed by atoms with E-state index >= 15 is 0 Å². The molecule has 0 saturated heterocycles. The van der Waals surface area contributed by atoms with E-state index < -0.39 is 0 Å². The first-order valence-corrected chi connectivity index (χ1v) is 5.67. The van der Waals surface area contributed by atoms with E-state index in [9.17, 15) is 0 Å². The summed E-state index contributed by atoms with van der Waals surface area (Å²) in [5, 5.41) is 3.35. The lowest BCUT2D eigenvalue weighted by molar-refractivity contribution is 1.05. The summed E-state index contributed by atoms with van der Waals surface area (Å²) >= 11 is 0. The molecule has 2 N–H and O–H groups in total. The molecule has 0 aliphatic rings. The average Bonchev–Trinajstić information content (AvgIpc) is 2.73. The molecule has 1 heterocycles. The number of hydrogen-bond donors (Lipinski definition) is 2. The Balaban J connectivity index is 1.98. The topological polar surface area (TPSA) is 44.0 Å². The van der Waals surface area contributed by atoms with E-state index in [-0.39, 0.29) is 0 Å². The number of benzene rings is 1. The highest BCUT2D eigenvalue weighted by Gasteiger charge is 2.00.